The van der Waals surface area contributed by atoms with Crippen molar-refractivity contribution in [3.63, 3.8) is 0 Å². The molecule has 0 spiro atoms. The second-order valence-electron chi connectivity index (χ2n) is 5.82. The van der Waals surface area contributed by atoms with E-state index in [1.54, 1.807) is 0 Å². The monoisotopic (exact) mass is 464 g/mol. The Morgan fingerprint density at radius 3 is 2.37 bits per heavy atom. The van der Waals surface area contributed by atoms with Crippen LogP contribution in [-0.2, 0) is 10.0 Å². The van der Waals surface area contributed by atoms with Gasteiger partial charge in [0.15, 0.2) is 0 Å². The number of carbonyl (C=O) groups excluding carboxylic acids is 1. The molecule has 0 bridgehead atoms. The number of amides is 1. The summed E-state index contributed by atoms with van der Waals surface area (Å²) >= 11 is 2.93. The first-order valence-corrected chi connectivity index (χ1v) is 9.76. The van der Waals surface area contributed by atoms with Crippen LogP contribution in [0.4, 0.5) is 18.9 Å². The van der Waals surface area contributed by atoms with E-state index in [-0.39, 0.29) is 23.2 Å². The standard InChI is InChI=1S/C16H12BrF3N2O4S/c17-11-3-8(1-2-12(11)18)21-16(24)10-4-15(14(20)5-13(10)19)27(25,26)22-6-9(23)7-22/h1-5,9,23H,6-7H2,(H,21,24). The molecule has 1 aliphatic rings. The highest BCUT2D eigenvalue weighted by atomic mass is 79.9. The topological polar surface area (TPSA) is 86.7 Å². The Morgan fingerprint density at radius 2 is 1.78 bits per heavy atom. The molecule has 0 radical (unpaired) electrons. The smallest absolute Gasteiger partial charge is 0.258 e. The Bertz CT molecular complexity index is 1030. The largest absolute Gasteiger partial charge is 0.390 e. The third-order valence-electron chi connectivity index (χ3n) is 3.89. The summed E-state index contributed by atoms with van der Waals surface area (Å²) in [6.07, 6.45) is -0.858. The summed E-state index contributed by atoms with van der Waals surface area (Å²) in [6, 6.07) is 4.41. The number of halogens is 4. The van der Waals surface area contributed by atoms with Crippen molar-refractivity contribution in [2.75, 3.05) is 18.4 Å². The summed E-state index contributed by atoms with van der Waals surface area (Å²) in [7, 11) is -4.33. The second-order valence-corrected chi connectivity index (χ2v) is 8.58. The molecule has 0 saturated carbocycles. The van der Waals surface area contributed by atoms with Gasteiger partial charge in [0.2, 0.25) is 10.0 Å². The van der Waals surface area contributed by atoms with E-state index in [1.165, 1.54) is 12.1 Å². The third-order valence-corrected chi connectivity index (χ3v) is 6.34. The van der Waals surface area contributed by atoms with Crippen LogP contribution in [0, 0.1) is 17.5 Å². The van der Waals surface area contributed by atoms with Crippen molar-refractivity contribution >= 4 is 37.5 Å². The number of aliphatic hydroxyl groups is 1. The Labute approximate surface area is 160 Å². The van der Waals surface area contributed by atoms with Crippen LogP contribution in [0.1, 0.15) is 10.4 Å². The summed E-state index contributed by atoms with van der Waals surface area (Å²) in [5.41, 5.74) is -0.580. The summed E-state index contributed by atoms with van der Waals surface area (Å²) in [5, 5.41) is 11.5. The molecule has 6 nitrogen and oxygen atoms in total. The van der Waals surface area contributed by atoms with E-state index in [0.29, 0.717) is 12.1 Å². The molecule has 2 aromatic carbocycles. The summed E-state index contributed by atoms with van der Waals surface area (Å²) in [5.74, 6) is -4.22. The van der Waals surface area contributed by atoms with Gasteiger partial charge in [-0.15, -0.1) is 0 Å². The Morgan fingerprint density at radius 1 is 1.11 bits per heavy atom. The molecule has 0 aromatic heterocycles. The van der Waals surface area contributed by atoms with Crippen molar-refractivity contribution < 1.29 is 31.5 Å². The number of anilines is 1. The lowest BCUT2D eigenvalue weighted by atomic mass is 10.2. The number of carbonyl (C=O) groups is 1. The zero-order valence-electron chi connectivity index (χ0n) is 13.4. The molecule has 1 aliphatic heterocycles. The van der Waals surface area contributed by atoms with Gasteiger partial charge in [0.1, 0.15) is 22.3 Å². The van der Waals surface area contributed by atoms with Gasteiger partial charge < -0.3 is 10.4 Å². The van der Waals surface area contributed by atoms with Gasteiger partial charge in [-0.25, -0.2) is 21.6 Å². The summed E-state index contributed by atoms with van der Waals surface area (Å²) < 4.78 is 67.0. The fourth-order valence-electron chi connectivity index (χ4n) is 2.43. The molecule has 0 aliphatic carbocycles. The minimum absolute atomic E-state index is 0.0551. The lowest BCUT2D eigenvalue weighted by Gasteiger charge is -2.34. The first kappa shape index (κ1) is 19.8. The van der Waals surface area contributed by atoms with Crippen molar-refractivity contribution in [3.05, 3.63) is 57.8 Å². The molecular weight excluding hydrogens is 453 g/mol. The maximum absolute atomic E-state index is 14.1. The maximum Gasteiger partial charge on any atom is 0.258 e. The minimum atomic E-state index is -4.33. The molecule has 144 valence electrons. The molecule has 11 heteroatoms. The molecule has 1 fully saturated rings. The van der Waals surface area contributed by atoms with Crippen LogP contribution in [0.5, 0.6) is 0 Å². The fourth-order valence-corrected chi connectivity index (χ4v) is 4.39. The normalized spacial score (nSPS) is 15.4. The van der Waals surface area contributed by atoms with Crippen LogP contribution in [0.2, 0.25) is 0 Å². The van der Waals surface area contributed by atoms with E-state index in [1.807, 2.05) is 0 Å². The molecule has 2 N–H and O–H groups in total. The lowest BCUT2D eigenvalue weighted by Crippen LogP contribution is -2.53. The minimum Gasteiger partial charge on any atom is -0.390 e. The molecule has 0 unspecified atom stereocenters. The average molecular weight is 465 g/mol. The SMILES string of the molecule is O=C(Nc1ccc(F)c(Br)c1)c1cc(S(=O)(=O)N2CC(O)C2)c(F)cc1F. The highest BCUT2D eigenvalue weighted by molar-refractivity contribution is 9.10. The van der Waals surface area contributed by atoms with E-state index in [2.05, 4.69) is 21.2 Å². The molecule has 1 amide bonds. The zero-order valence-corrected chi connectivity index (χ0v) is 15.8. The highest BCUT2D eigenvalue weighted by Gasteiger charge is 2.38. The van der Waals surface area contributed by atoms with Crippen LogP contribution in [-0.4, -0.2) is 42.9 Å². The van der Waals surface area contributed by atoms with Crippen LogP contribution in [0.3, 0.4) is 0 Å². The van der Waals surface area contributed by atoms with Gasteiger partial charge in [-0.2, -0.15) is 4.31 Å². The number of rotatable bonds is 4. The number of sulfonamides is 1. The van der Waals surface area contributed by atoms with Gasteiger partial charge in [0.25, 0.3) is 5.91 Å². The van der Waals surface area contributed by atoms with E-state index in [0.717, 1.165) is 10.4 Å². The summed E-state index contributed by atoms with van der Waals surface area (Å²) in [6.45, 7) is -0.436. The first-order chi connectivity index (χ1) is 12.6. The quantitative estimate of drug-likeness (QED) is 0.727. The van der Waals surface area contributed by atoms with E-state index in [4.69, 9.17) is 0 Å². The molecule has 1 saturated heterocycles. The number of hydrogen-bond donors (Lipinski definition) is 2. The number of nitrogens with one attached hydrogen (secondary N) is 1. The Hall–Kier alpha value is -1.95. The van der Waals surface area contributed by atoms with Crippen molar-refractivity contribution in [2.45, 2.75) is 11.0 Å². The van der Waals surface area contributed by atoms with E-state index in [9.17, 15) is 31.5 Å². The van der Waals surface area contributed by atoms with Gasteiger partial charge in [-0.05, 0) is 40.2 Å². The van der Waals surface area contributed by atoms with Crippen molar-refractivity contribution in [3.8, 4) is 0 Å². The van der Waals surface area contributed by atoms with E-state index < -0.39 is 49.9 Å². The lowest BCUT2D eigenvalue weighted by molar-refractivity contribution is 0.0546. The molecule has 1 heterocycles. The zero-order chi connectivity index (χ0) is 19.9. The Balaban J connectivity index is 1.93. The van der Waals surface area contributed by atoms with Gasteiger partial charge >= 0.3 is 0 Å². The highest BCUT2D eigenvalue weighted by Crippen LogP contribution is 2.27. The molecule has 0 atom stereocenters. The fraction of sp³-hybridized carbons (Fsp3) is 0.188. The number of nitrogens with zero attached hydrogens (tertiary/aromatic N) is 1. The van der Waals surface area contributed by atoms with Gasteiger partial charge in [-0.3, -0.25) is 4.79 Å². The van der Waals surface area contributed by atoms with Crippen molar-refractivity contribution in [2.24, 2.45) is 0 Å². The maximum atomic E-state index is 14.1. The van der Waals surface area contributed by atoms with Crippen LogP contribution in [0.25, 0.3) is 0 Å². The van der Waals surface area contributed by atoms with Crippen molar-refractivity contribution in [1.82, 2.24) is 4.31 Å². The molecule has 2 aromatic rings. The molecular formula is C16H12BrF3N2O4S. The number of aliphatic hydroxyl groups excluding tert-OH is 1. The average Bonchev–Trinajstić information content (AvgIpc) is 2.55. The first-order valence-electron chi connectivity index (χ1n) is 7.53. The summed E-state index contributed by atoms with van der Waals surface area (Å²) in [4.78, 5) is 11.4. The van der Waals surface area contributed by atoms with E-state index >= 15 is 0 Å². The molecule has 3 rings (SSSR count). The van der Waals surface area contributed by atoms with Crippen molar-refractivity contribution in [1.29, 1.82) is 0 Å². The number of benzene rings is 2. The third kappa shape index (κ3) is 3.86. The van der Waals surface area contributed by atoms with Crippen LogP contribution >= 0.6 is 15.9 Å². The second kappa shape index (κ2) is 7.23. The number of β-amino-alcohol motifs (C(OH)–C–C–N with tert-alkyl or cyclic N) is 1. The number of hydrogen-bond acceptors (Lipinski definition) is 4. The predicted molar refractivity (Wildman–Crippen MR) is 93.2 cm³/mol. The van der Waals surface area contributed by atoms with Gasteiger partial charge in [-0.1, -0.05) is 0 Å². The van der Waals surface area contributed by atoms with Crippen LogP contribution in [0.15, 0.2) is 39.7 Å². The predicted octanol–water partition coefficient (Wildman–Crippen LogP) is 2.48. The van der Waals surface area contributed by atoms with Gasteiger partial charge in [0.05, 0.1) is 16.1 Å². The van der Waals surface area contributed by atoms with Crippen LogP contribution < -0.4 is 5.32 Å². The molecule has 27 heavy (non-hydrogen) atoms. The van der Waals surface area contributed by atoms with Gasteiger partial charge in [0, 0.05) is 24.8 Å². The Kier molecular flexibility index (Phi) is 5.30.